The van der Waals surface area contributed by atoms with Crippen molar-refractivity contribution in [2.24, 2.45) is 0 Å². The van der Waals surface area contributed by atoms with Crippen molar-refractivity contribution >= 4 is 37.5 Å². The van der Waals surface area contributed by atoms with Gasteiger partial charge in [0.15, 0.2) is 0 Å². The Morgan fingerprint density at radius 3 is 2.62 bits per heavy atom. The second kappa shape index (κ2) is 7.15. The van der Waals surface area contributed by atoms with Gasteiger partial charge >= 0.3 is 0 Å². The largest absolute Gasteiger partial charge is 0.306 e. The molecule has 2 aromatic rings. The van der Waals surface area contributed by atoms with Crippen molar-refractivity contribution in [3.63, 3.8) is 0 Å². The van der Waals surface area contributed by atoms with E-state index in [4.69, 9.17) is 0 Å². The number of nitrogens with one attached hydrogen (secondary N) is 1. The molecular weight excluding hydrogens is 400 g/mol. The maximum Gasteiger partial charge on any atom is 0.273 e. The minimum Gasteiger partial charge on any atom is -0.306 e. The molecule has 0 aliphatic heterocycles. The number of benzene rings is 2. The Morgan fingerprint density at radius 2 is 1.95 bits per heavy atom. The second-order valence-corrected chi connectivity index (χ2v) is 6.42. The van der Waals surface area contributed by atoms with Gasteiger partial charge in [0, 0.05) is 33.2 Å². The van der Waals surface area contributed by atoms with Crippen molar-refractivity contribution in [2.45, 2.75) is 19.5 Å². The summed E-state index contributed by atoms with van der Waals surface area (Å²) in [6.07, 6.45) is 0. The average molecular weight is 414 g/mol. The Hall–Kier alpha value is -1.24. The molecule has 4 nitrogen and oxygen atoms in total. The van der Waals surface area contributed by atoms with Crippen LogP contribution in [0, 0.1) is 10.1 Å². The molecule has 6 heteroatoms. The highest BCUT2D eigenvalue weighted by molar-refractivity contribution is 9.10. The smallest absolute Gasteiger partial charge is 0.273 e. The van der Waals surface area contributed by atoms with Crippen LogP contribution in [0.3, 0.4) is 0 Å². The highest BCUT2D eigenvalue weighted by Crippen LogP contribution is 2.26. The number of nitro benzene ring substituents is 1. The molecule has 0 saturated carbocycles. The Morgan fingerprint density at radius 1 is 1.24 bits per heavy atom. The lowest BCUT2D eigenvalue weighted by Crippen LogP contribution is -2.19. The van der Waals surface area contributed by atoms with Gasteiger partial charge in [-0.2, -0.15) is 0 Å². The average Bonchev–Trinajstić information content (AvgIpc) is 2.45. The van der Waals surface area contributed by atoms with Gasteiger partial charge in [0.1, 0.15) is 0 Å². The monoisotopic (exact) mass is 412 g/mol. The SMILES string of the molecule is CC(NCc1cc(Br)ccc1[N+](=O)[O-])c1ccccc1Br. The van der Waals surface area contributed by atoms with Crippen LogP contribution in [-0.4, -0.2) is 4.92 Å². The molecule has 0 heterocycles. The minimum absolute atomic E-state index is 0.0826. The van der Waals surface area contributed by atoms with E-state index in [-0.39, 0.29) is 16.7 Å². The molecule has 0 saturated heterocycles. The van der Waals surface area contributed by atoms with Gasteiger partial charge in [-0.25, -0.2) is 0 Å². The zero-order valence-electron chi connectivity index (χ0n) is 11.3. The number of hydrogen-bond acceptors (Lipinski definition) is 3. The summed E-state index contributed by atoms with van der Waals surface area (Å²) in [5.41, 5.74) is 1.91. The molecule has 110 valence electrons. The van der Waals surface area contributed by atoms with E-state index in [1.807, 2.05) is 31.2 Å². The third-order valence-electron chi connectivity index (χ3n) is 3.21. The maximum atomic E-state index is 11.1. The van der Waals surface area contributed by atoms with Crippen LogP contribution < -0.4 is 5.32 Å². The molecule has 0 amide bonds. The number of halogens is 2. The van der Waals surface area contributed by atoms with Crippen molar-refractivity contribution in [3.8, 4) is 0 Å². The van der Waals surface area contributed by atoms with Gasteiger partial charge in [0.2, 0.25) is 0 Å². The first-order valence-corrected chi connectivity index (χ1v) is 7.98. The molecule has 2 aromatic carbocycles. The second-order valence-electron chi connectivity index (χ2n) is 4.65. The van der Waals surface area contributed by atoms with E-state index < -0.39 is 0 Å². The van der Waals surface area contributed by atoms with E-state index >= 15 is 0 Å². The lowest BCUT2D eigenvalue weighted by molar-refractivity contribution is -0.385. The van der Waals surface area contributed by atoms with Gasteiger partial charge < -0.3 is 5.32 Å². The zero-order chi connectivity index (χ0) is 15.4. The molecule has 0 aromatic heterocycles. The fraction of sp³-hybridized carbons (Fsp3) is 0.200. The van der Waals surface area contributed by atoms with E-state index in [9.17, 15) is 10.1 Å². The van der Waals surface area contributed by atoms with Crippen LogP contribution in [0.25, 0.3) is 0 Å². The molecule has 1 atom stereocenters. The Labute approximate surface area is 140 Å². The van der Waals surface area contributed by atoms with Gasteiger partial charge in [0.05, 0.1) is 4.92 Å². The first-order chi connectivity index (χ1) is 9.99. The first-order valence-electron chi connectivity index (χ1n) is 6.39. The number of nitro groups is 1. The Kier molecular flexibility index (Phi) is 5.50. The summed E-state index contributed by atoms with van der Waals surface area (Å²) in [7, 11) is 0. The van der Waals surface area contributed by atoms with Crippen LogP contribution in [0.5, 0.6) is 0 Å². The number of hydrogen-bond donors (Lipinski definition) is 1. The van der Waals surface area contributed by atoms with Crippen LogP contribution in [-0.2, 0) is 6.54 Å². The summed E-state index contributed by atoms with van der Waals surface area (Å²) in [5.74, 6) is 0. The van der Waals surface area contributed by atoms with Crippen molar-refractivity contribution in [1.29, 1.82) is 0 Å². The quantitative estimate of drug-likeness (QED) is 0.556. The van der Waals surface area contributed by atoms with Crippen LogP contribution in [0.4, 0.5) is 5.69 Å². The van der Waals surface area contributed by atoms with E-state index in [2.05, 4.69) is 37.2 Å². The highest BCUT2D eigenvalue weighted by Gasteiger charge is 2.15. The Bertz CT molecular complexity index is 662. The van der Waals surface area contributed by atoms with Gasteiger partial charge in [-0.05, 0) is 30.7 Å². The number of nitrogens with zero attached hydrogens (tertiary/aromatic N) is 1. The molecule has 0 radical (unpaired) electrons. The zero-order valence-corrected chi connectivity index (χ0v) is 14.5. The maximum absolute atomic E-state index is 11.1. The van der Waals surface area contributed by atoms with E-state index in [0.717, 1.165) is 14.5 Å². The summed E-state index contributed by atoms with van der Waals surface area (Å²) in [6, 6.07) is 13.0. The molecular formula is C15H14Br2N2O2. The van der Waals surface area contributed by atoms with E-state index in [1.165, 1.54) is 6.07 Å². The predicted octanol–water partition coefficient (Wildman–Crippen LogP) is 4.97. The highest BCUT2D eigenvalue weighted by atomic mass is 79.9. The van der Waals surface area contributed by atoms with Gasteiger partial charge in [-0.3, -0.25) is 10.1 Å². The van der Waals surface area contributed by atoms with Gasteiger partial charge in [-0.15, -0.1) is 0 Å². The predicted molar refractivity (Wildman–Crippen MR) is 90.2 cm³/mol. The molecule has 2 rings (SSSR count). The molecule has 1 unspecified atom stereocenters. The Balaban J connectivity index is 2.15. The van der Waals surface area contributed by atoms with Gasteiger partial charge in [-0.1, -0.05) is 50.1 Å². The summed E-state index contributed by atoms with van der Waals surface area (Å²) in [6.45, 7) is 2.46. The summed E-state index contributed by atoms with van der Waals surface area (Å²) in [4.78, 5) is 10.7. The lowest BCUT2D eigenvalue weighted by Gasteiger charge is -2.16. The molecule has 0 spiro atoms. The molecule has 0 aliphatic rings. The van der Waals surface area contributed by atoms with Crippen molar-refractivity contribution in [3.05, 3.63) is 72.7 Å². The third kappa shape index (κ3) is 4.12. The van der Waals surface area contributed by atoms with Crippen molar-refractivity contribution in [1.82, 2.24) is 5.32 Å². The minimum atomic E-state index is -0.355. The van der Waals surface area contributed by atoms with Crippen LogP contribution in [0.15, 0.2) is 51.4 Å². The van der Waals surface area contributed by atoms with Crippen LogP contribution in [0.2, 0.25) is 0 Å². The molecule has 0 bridgehead atoms. The van der Waals surface area contributed by atoms with Crippen molar-refractivity contribution in [2.75, 3.05) is 0 Å². The fourth-order valence-corrected chi connectivity index (χ4v) is 3.11. The van der Waals surface area contributed by atoms with Crippen molar-refractivity contribution < 1.29 is 4.92 Å². The van der Waals surface area contributed by atoms with Crippen LogP contribution in [0.1, 0.15) is 24.1 Å². The normalized spacial score (nSPS) is 12.1. The first kappa shape index (κ1) is 16.1. The molecule has 0 fully saturated rings. The topological polar surface area (TPSA) is 55.2 Å². The van der Waals surface area contributed by atoms with E-state index in [0.29, 0.717) is 12.1 Å². The standard InChI is InChI=1S/C15H14Br2N2O2/c1-10(13-4-2-3-5-14(13)17)18-9-11-8-12(16)6-7-15(11)19(20)21/h2-8,10,18H,9H2,1H3. The third-order valence-corrected chi connectivity index (χ3v) is 4.42. The summed E-state index contributed by atoms with van der Waals surface area (Å²) < 4.78 is 1.85. The molecule has 0 aliphatic carbocycles. The molecule has 1 N–H and O–H groups in total. The molecule has 21 heavy (non-hydrogen) atoms. The van der Waals surface area contributed by atoms with Gasteiger partial charge in [0.25, 0.3) is 5.69 Å². The summed E-state index contributed by atoms with van der Waals surface area (Å²) >= 11 is 6.87. The lowest BCUT2D eigenvalue weighted by atomic mass is 10.1. The summed E-state index contributed by atoms with van der Waals surface area (Å²) in [5, 5.41) is 14.4. The number of rotatable bonds is 5. The van der Waals surface area contributed by atoms with Crippen LogP contribution >= 0.6 is 31.9 Å². The fourth-order valence-electron chi connectivity index (χ4n) is 2.07. The van der Waals surface area contributed by atoms with E-state index in [1.54, 1.807) is 12.1 Å².